The van der Waals surface area contributed by atoms with Gasteiger partial charge in [0.1, 0.15) is 5.75 Å². The number of Topliss-reactive ketones (excluding diaryl/α,β-unsaturated/α-hetero) is 1. The summed E-state index contributed by atoms with van der Waals surface area (Å²) in [6.45, 7) is 1.28. The molecule has 1 heterocycles. The minimum atomic E-state index is -0.719. The maximum atomic E-state index is 13.3. The summed E-state index contributed by atoms with van der Waals surface area (Å²) in [6, 6.07) is 15.2. The molecule has 1 N–H and O–H groups in total. The van der Waals surface area contributed by atoms with Crippen LogP contribution in [0.1, 0.15) is 23.6 Å². The zero-order chi connectivity index (χ0) is 21.0. The van der Waals surface area contributed by atoms with Gasteiger partial charge in [-0.25, -0.2) is 0 Å². The molecule has 1 amide bonds. The summed E-state index contributed by atoms with van der Waals surface area (Å²) in [5.41, 5.74) is 1.10. The van der Waals surface area contributed by atoms with E-state index in [-0.39, 0.29) is 5.57 Å². The number of ether oxygens (including phenoxy) is 1. The third kappa shape index (κ3) is 4.32. The molecule has 0 bridgehead atoms. The van der Waals surface area contributed by atoms with Crippen LogP contribution in [0.2, 0.25) is 0 Å². The first kappa shape index (κ1) is 20.6. The molecule has 29 heavy (non-hydrogen) atoms. The van der Waals surface area contributed by atoms with Gasteiger partial charge in [-0.3, -0.25) is 9.59 Å². The van der Waals surface area contributed by atoms with Gasteiger partial charge in [0.25, 0.3) is 5.91 Å². The summed E-state index contributed by atoms with van der Waals surface area (Å²) in [6.07, 6.45) is 0.741. The van der Waals surface area contributed by atoms with Crippen LogP contribution in [0.3, 0.4) is 0 Å². The number of quaternary nitrogens is 1. The van der Waals surface area contributed by atoms with Gasteiger partial charge in [-0.1, -0.05) is 48.2 Å². The van der Waals surface area contributed by atoms with Gasteiger partial charge >= 0.3 is 0 Å². The first-order valence-corrected chi connectivity index (χ1v) is 9.69. The molecule has 1 fully saturated rings. The number of ketones is 1. The van der Waals surface area contributed by atoms with Crippen LogP contribution in [0.4, 0.5) is 0 Å². The van der Waals surface area contributed by atoms with E-state index in [1.807, 2.05) is 44.4 Å². The SMILES string of the molecule is COc1cccc(C([O-])=C2C(=O)C(=O)N(CCC[NH+](C)C)C2c2ccccc2)c1. The van der Waals surface area contributed by atoms with E-state index in [4.69, 9.17) is 4.74 Å². The predicted molar refractivity (Wildman–Crippen MR) is 108 cm³/mol. The van der Waals surface area contributed by atoms with E-state index < -0.39 is 23.5 Å². The zero-order valence-electron chi connectivity index (χ0n) is 17.0. The number of nitrogens with zero attached hydrogens (tertiary/aromatic N) is 1. The fraction of sp³-hybridized carbons (Fsp3) is 0.304. The van der Waals surface area contributed by atoms with E-state index in [0.717, 1.165) is 18.5 Å². The Morgan fingerprint density at radius 2 is 1.83 bits per heavy atom. The van der Waals surface area contributed by atoms with Gasteiger partial charge in [0, 0.05) is 18.5 Å². The molecule has 0 aliphatic carbocycles. The minimum Gasteiger partial charge on any atom is -0.872 e. The smallest absolute Gasteiger partial charge is 0.295 e. The zero-order valence-corrected chi connectivity index (χ0v) is 17.0. The molecule has 0 spiro atoms. The second-order valence-electron chi connectivity index (χ2n) is 7.43. The normalized spacial score (nSPS) is 18.5. The Morgan fingerprint density at radius 1 is 1.10 bits per heavy atom. The molecule has 3 rings (SSSR count). The molecule has 0 saturated carbocycles. The molecule has 0 aromatic heterocycles. The van der Waals surface area contributed by atoms with Crippen molar-refractivity contribution in [2.24, 2.45) is 0 Å². The maximum Gasteiger partial charge on any atom is 0.295 e. The van der Waals surface area contributed by atoms with Gasteiger partial charge < -0.3 is 19.6 Å². The van der Waals surface area contributed by atoms with Gasteiger partial charge in [0.15, 0.2) is 0 Å². The van der Waals surface area contributed by atoms with Gasteiger partial charge in [0.05, 0.1) is 33.8 Å². The van der Waals surface area contributed by atoms with Crippen molar-refractivity contribution in [1.29, 1.82) is 0 Å². The second-order valence-corrected chi connectivity index (χ2v) is 7.43. The molecule has 6 nitrogen and oxygen atoms in total. The number of rotatable bonds is 7. The number of carbonyl (C=O) groups excluding carboxylic acids is 2. The monoisotopic (exact) mass is 394 g/mol. The molecular formula is C23H26N2O4. The van der Waals surface area contributed by atoms with Gasteiger partial charge in [-0.2, -0.15) is 0 Å². The second kappa shape index (κ2) is 8.92. The van der Waals surface area contributed by atoms with E-state index in [0.29, 0.717) is 17.9 Å². The van der Waals surface area contributed by atoms with Crippen molar-refractivity contribution in [2.75, 3.05) is 34.3 Å². The molecule has 1 aliphatic heterocycles. The first-order valence-electron chi connectivity index (χ1n) is 9.69. The third-order valence-corrected chi connectivity index (χ3v) is 5.05. The van der Waals surface area contributed by atoms with Crippen molar-refractivity contribution in [3.05, 3.63) is 71.3 Å². The van der Waals surface area contributed by atoms with Crippen LogP contribution in [0.15, 0.2) is 60.2 Å². The number of hydrogen-bond acceptors (Lipinski definition) is 4. The third-order valence-electron chi connectivity index (χ3n) is 5.05. The minimum absolute atomic E-state index is 0.00616. The number of likely N-dealkylation sites (tertiary alicyclic amines) is 1. The summed E-state index contributed by atoms with van der Waals surface area (Å²) in [5, 5.41) is 13.3. The highest BCUT2D eigenvalue weighted by Gasteiger charge is 2.43. The molecule has 1 aliphatic rings. The van der Waals surface area contributed by atoms with Gasteiger partial charge in [-0.15, -0.1) is 0 Å². The molecule has 0 radical (unpaired) electrons. The Labute approximate surface area is 171 Å². The van der Waals surface area contributed by atoms with Crippen molar-refractivity contribution in [2.45, 2.75) is 12.5 Å². The summed E-state index contributed by atoms with van der Waals surface area (Å²) in [7, 11) is 5.59. The lowest BCUT2D eigenvalue weighted by Gasteiger charge is -2.27. The Hall–Kier alpha value is -3.12. The highest BCUT2D eigenvalue weighted by atomic mass is 16.5. The highest BCUT2D eigenvalue weighted by Crippen LogP contribution is 2.38. The maximum absolute atomic E-state index is 13.3. The predicted octanol–water partition coefficient (Wildman–Crippen LogP) is 0.454. The van der Waals surface area contributed by atoms with Gasteiger partial charge in [0.2, 0.25) is 5.78 Å². The van der Waals surface area contributed by atoms with Crippen LogP contribution >= 0.6 is 0 Å². The van der Waals surface area contributed by atoms with Crippen molar-refractivity contribution in [3.8, 4) is 5.75 Å². The van der Waals surface area contributed by atoms with E-state index in [2.05, 4.69) is 0 Å². The standard InChI is InChI=1S/C23H26N2O4/c1-24(2)13-8-14-25-20(16-9-5-4-6-10-16)19(22(27)23(25)28)21(26)17-11-7-12-18(15-17)29-3/h4-7,9-12,15,20,26H,8,13-14H2,1-3H3. The molecule has 2 aromatic carbocycles. The lowest BCUT2D eigenvalue weighted by Crippen LogP contribution is -3.05. The summed E-state index contributed by atoms with van der Waals surface area (Å²) < 4.78 is 5.20. The summed E-state index contributed by atoms with van der Waals surface area (Å²) >= 11 is 0. The lowest BCUT2D eigenvalue weighted by atomic mass is 9.95. The van der Waals surface area contributed by atoms with Crippen molar-refractivity contribution in [1.82, 2.24) is 4.90 Å². The summed E-state index contributed by atoms with van der Waals surface area (Å²) in [5.74, 6) is -1.24. The Morgan fingerprint density at radius 3 is 2.48 bits per heavy atom. The number of amides is 1. The van der Waals surface area contributed by atoms with E-state index >= 15 is 0 Å². The number of hydrogen-bond donors (Lipinski definition) is 1. The fourth-order valence-electron chi connectivity index (χ4n) is 3.61. The van der Waals surface area contributed by atoms with Crippen LogP contribution in [0, 0.1) is 0 Å². The fourth-order valence-corrected chi connectivity index (χ4v) is 3.61. The van der Waals surface area contributed by atoms with Crippen molar-refractivity contribution < 1.29 is 24.3 Å². The Balaban J connectivity index is 2.07. The van der Waals surface area contributed by atoms with E-state index in [1.54, 1.807) is 24.3 Å². The van der Waals surface area contributed by atoms with E-state index in [1.165, 1.54) is 16.9 Å². The van der Waals surface area contributed by atoms with Crippen LogP contribution in [0.25, 0.3) is 5.76 Å². The number of methoxy groups -OCH3 is 1. The van der Waals surface area contributed by atoms with Crippen molar-refractivity contribution in [3.63, 3.8) is 0 Å². The number of carbonyl (C=O) groups is 2. The van der Waals surface area contributed by atoms with Crippen LogP contribution in [-0.4, -0.2) is 50.9 Å². The summed E-state index contributed by atoms with van der Waals surface area (Å²) in [4.78, 5) is 28.5. The molecular weight excluding hydrogens is 368 g/mol. The first-order chi connectivity index (χ1) is 13.9. The van der Waals surface area contributed by atoms with Crippen LogP contribution in [0.5, 0.6) is 5.75 Å². The quantitative estimate of drug-likeness (QED) is 0.421. The average molecular weight is 394 g/mol. The number of nitrogens with one attached hydrogen (secondary N) is 1. The Kier molecular flexibility index (Phi) is 6.34. The molecule has 2 aromatic rings. The average Bonchev–Trinajstić information content (AvgIpc) is 2.98. The lowest BCUT2D eigenvalue weighted by molar-refractivity contribution is -0.858. The number of benzene rings is 2. The van der Waals surface area contributed by atoms with Crippen LogP contribution in [-0.2, 0) is 9.59 Å². The molecule has 6 heteroatoms. The highest BCUT2D eigenvalue weighted by molar-refractivity contribution is 6.46. The molecule has 1 saturated heterocycles. The topological polar surface area (TPSA) is 74.1 Å². The van der Waals surface area contributed by atoms with E-state index in [9.17, 15) is 14.7 Å². The molecule has 152 valence electrons. The van der Waals surface area contributed by atoms with Crippen LogP contribution < -0.4 is 14.7 Å². The molecule has 1 atom stereocenters. The Bertz CT molecular complexity index is 921. The van der Waals surface area contributed by atoms with Crippen molar-refractivity contribution >= 4 is 17.4 Å². The largest absolute Gasteiger partial charge is 0.872 e. The molecule has 1 unspecified atom stereocenters. The van der Waals surface area contributed by atoms with Gasteiger partial charge in [-0.05, 0) is 23.3 Å².